The maximum absolute atomic E-state index is 14.0. The van der Waals surface area contributed by atoms with Crippen molar-refractivity contribution in [3.8, 4) is 0 Å². The summed E-state index contributed by atoms with van der Waals surface area (Å²) >= 11 is 0. The summed E-state index contributed by atoms with van der Waals surface area (Å²) in [7, 11) is -3.50. The molecule has 0 radical (unpaired) electrons. The van der Waals surface area contributed by atoms with E-state index in [4.69, 9.17) is 5.73 Å². The van der Waals surface area contributed by atoms with Gasteiger partial charge < -0.3 is 5.73 Å². The zero-order valence-corrected chi connectivity index (χ0v) is 14.3. The van der Waals surface area contributed by atoms with Crippen LogP contribution in [0.2, 0.25) is 0 Å². The Kier molecular flexibility index (Phi) is 5.29. The Bertz CT molecular complexity index is 694. The standard InChI is InChI=1S/C14H18F2N2O2S.H2S/c1-13(21(2,19)20)7-8-14(9-15,18-12(13)17)10-5-3-4-6-11(10)16;/h3-6H,7-9H2,1-2H3,(H2,17,18);1H2/t13?,14-;/m1./s1. The minimum Gasteiger partial charge on any atom is -0.386 e. The molecule has 1 unspecified atom stereocenters. The van der Waals surface area contributed by atoms with Crippen molar-refractivity contribution in [2.24, 2.45) is 10.7 Å². The summed E-state index contributed by atoms with van der Waals surface area (Å²) in [6.45, 7) is 0.527. The van der Waals surface area contributed by atoms with Crippen LogP contribution in [0.1, 0.15) is 25.3 Å². The first-order valence-electron chi connectivity index (χ1n) is 6.53. The average Bonchev–Trinajstić information content (AvgIpc) is 2.41. The van der Waals surface area contributed by atoms with Crippen molar-refractivity contribution in [2.45, 2.75) is 30.1 Å². The third-order valence-corrected chi connectivity index (χ3v) is 6.36. The predicted octanol–water partition coefficient (Wildman–Crippen LogP) is 2.06. The van der Waals surface area contributed by atoms with Gasteiger partial charge in [-0.3, -0.25) is 4.99 Å². The topological polar surface area (TPSA) is 72.5 Å². The molecule has 0 aromatic heterocycles. The molecule has 22 heavy (non-hydrogen) atoms. The van der Waals surface area contributed by atoms with Crippen LogP contribution in [-0.2, 0) is 15.4 Å². The van der Waals surface area contributed by atoms with Gasteiger partial charge in [0, 0.05) is 11.8 Å². The zero-order valence-electron chi connectivity index (χ0n) is 12.4. The Morgan fingerprint density at radius 3 is 2.36 bits per heavy atom. The van der Waals surface area contributed by atoms with Crippen molar-refractivity contribution in [2.75, 3.05) is 12.9 Å². The minimum absolute atomic E-state index is 0. The number of aliphatic imine (C=N–C) groups is 1. The predicted molar refractivity (Wildman–Crippen MR) is 88.5 cm³/mol. The largest absolute Gasteiger partial charge is 0.386 e. The fourth-order valence-corrected chi connectivity index (χ4v) is 3.45. The molecule has 1 aromatic carbocycles. The molecule has 8 heteroatoms. The lowest BCUT2D eigenvalue weighted by Crippen LogP contribution is -2.53. The van der Waals surface area contributed by atoms with Crippen LogP contribution < -0.4 is 5.73 Å². The number of sulfone groups is 1. The van der Waals surface area contributed by atoms with Gasteiger partial charge >= 0.3 is 0 Å². The fourth-order valence-electron chi connectivity index (χ4n) is 2.56. The first-order chi connectivity index (χ1) is 9.66. The molecule has 1 heterocycles. The van der Waals surface area contributed by atoms with Gasteiger partial charge in [0.2, 0.25) is 0 Å². The van der Waals surface area contributed by atoms with E-state index in [9.17, 15) is 17.2 Å². The van der Waals surface area contributed by atoms with Crippen molar-refractivity contribution in [3.63, 3.8) is 0 Å². The summed E-state index contributed by atoms with van der Waals surface area (Å²) in [5, 5.41) is 0. The highest BCUT2D eigenvalue weighted by Crippen LogP contribution is 2.41. The number of hydrogen-bond acceptors (Lipinski definition) is 4. The Morgan fingerprint density at radius 2 is 1.91 bits per heavy atom. The number of hydrogen-bond donors (Lipinski definition) is 1. The van der Waals surface area contributed by atoms with Gasteiger partial charge in [-0.2, -0.15) is 13.5 Å². The van der Waals surface area contributed by atoms with Crippen molar-refractivity contribution in [3.05, 3.63) is 35.6 Å². The molecule has 0 aliphatic carbocycles. The molecular weight excluding hydrogens is 330 g/mol. The quantitative estimate of drug-likeness (QED) is 0.907. The number of alkyl halides is 1. The summed E-state index contributed by atoms with van der Waals surface area (Å²) in [6.07, 6.45) is 1.25. The lowest BCUT2D eigenvalue weighted by molar-refractivity contribution is 0.266. The van der Waals surface area contributed by atoms with Crippen LogP contribution in [0.3, 0.4) is 0 Å². The molecule has 1 aliphatic heterocycles. The van der Waals surface area contributed by atoms with Gasteiger partial charge in [0.1, 0.15) is 28.6 Å². The van der Waals surface area contributed by atoms with E-state index >= 15 is 0 Å². The summed E-state index contributed by atoms with van der Waals surface area (Å²) in [6, 6.07) is 5.77. The maximum Gasteiger partial charge on any atom is 0.160 e. The van der Waals surface area contributed by atoms with E-state index in [1.165, 1.54) is 25.1 Å². The van der Waals surface area contributed by atoms with Crippen LogP contribution in [0.4, 0.5) is 8.78 Å². The summed E-state index contributed by atoms with van der Waals surface area (Å²) < 4.78 is 50.1. The molecule has 2 rings (SSSR count). The Morgan fingerprint density at radius 1 is 1.32 bits per heavy atom. The third-order valence-electron chi connectivity index (χ3n) is 4.31. The number of nitrogens with zero attached hydrogens (tertiary/aromatic N) is 1. The SMILES string of the molecule is CC1(S(C)(=O)=O)CC[C@@](CF)(c2ccccc2F)N=C1N.S. The number of nitrogens with two attached hydrogens (primary N) is 1. The molecular formula is C14H20F2N2O2S2. The van der Waals surface area contributed by atoms with Gasteiger partial charge in [-0.05, 0) is 25.8 Å². The number of rotatable bonds is 3. The third kappa shape index (κ3) is 2.86. The Labute approximate surface area is 136 Å². The molecule has 0 bridgehead atoms. The Balaban J connectivity index is 0.00000242. The van der Waals surface area contributed by atoms with Gasteiger partial charge in [-0.25, -0.2) is 17.2 Å². The molecule has 2 atom stereocenters. The number of halogens is 2. The van der Waals surface area contributed by atoms with Crippen LogP contribution in [-0.4, -0.2) is 31.9 Å². The normalized spacial score (nSPS) is 28.6. The molecule has 0 fully saturated rings. The molecule has 0 saturated carbocycles. The van der Waals surface area contributed by atoms with Gasteiger partial charge in [0.15, 0.2) is 9.84 Å². The first-order valence-corrected chi connectivity index (χ1v) is 8.42. The Hall–Kier alpha value is -1.15. The van der Waals surface area contributed by atoms with Gasteiger partial charge in [0.25, 0.3) is 0 Å². The lowest BCUT2D eigenvalue weighted by atomic mass is 9.81. The first kappa shape index (κ1) is 18.9. The molecule has 2 N–H and O–H groups in total. The van der Waals surface area contributed by atoms with E-state index in [0.29, 0.717) is 0 Å². The summed E-state index contributed by atoms with van der Waals surface area (Å²) in [5.74, 6) is -0.744. The van der Waals surface area contributed by atoms with E-state index in [-0.39, 0.29) is 37.7 Å². The van der Waals surface area contributed by atoms with Crippen molar-refractivity contribution in [1.29, 1.82) is 0 Å². The highest BCUT2D eigenvalue weighted by atomic mass is 32.2. The van der Waals surface area contributed by atoms with E-state index in [2.05, 4.69) is 4.99 Å². The minimum atomic E-state index is -3.50. The maximum atomic E-state index is 14.0. The van der Waals surface area contributed by atoms with Crippen LogP contribution >= 0.6 is 13.5 Å². The van der Waals surface area contributed by atoms with Crippen molar-refractivity contribution in [1.82, 2.24) is 0 Å². The molecule has 1 aliphatic rings. The van der Waals surface area contributed by atoms with E-state index < -0.39 is 32.6 Å². The summed E-state index contributed by atoms with van der Waals surface area (Å²) in [4.78, 5) is 4.08. The van der Waals surface area contributed by atoms with Crippen LogP contribution in [0.15, 0.2) is 29.3 Å². The highest BCUT2D eigenvalue weighted by Gasteiger charge is 2.49. The molecule has 0 spiro atoms. The number of benzene rings is 1. The van der Waals surface area contributed by atoms with Crippen LogP contribution in [0, 0.1) is 5.82 Å². The van der Waals surface area contributed by atoms with Crippen molar-refractivity contribution < 1.29 is 17.2 Å². The monoisotopic (exact) mass is 350 g/mol. The van der Waals surface area contributed by atoms with E-state index in [1.807, 2.05) is 0 Å². The van der Waals surface area contributed by atoms with Crippen LogP contribution in [0.5, 0.6) is 0 Å². The van der Waals surface area contributed by atoms with Gasteiger partial charge in [-0.1, -0.05) is 18.2 Å². The van der Waals surface area contributed by atoms with Crippen LogP contribution in [0.25, 0.3) is 0 Å². The van der Waals surface area contributed by atoms with Gasteiger partial charge in [-0.15, -0.1) is 0 Å². The average molecular weight is 350 g/mol. The van der Waals surface area contributed by atoms with Crippen molar-refractivity contribution >= 4 is 29.2 Å². The highest BCUT2D eigenvalue weighted by molar-refractivity contribution is 7.92. The smallest absolute Gasteiger partial charge is 0.160 e. The van der Waals surface area contributed by atoms with E-state index in [1.54, 1.807) is 6.07 Å². The van der Waals surface area contributed by atoms with E-state index in [0.717, 1.165) is 6.26 Å². The molecule has 1 aromatic rings. The van der Waals surface area contributed by atoms with Gasteiger partial charge in [0.05, 0.1) is 0 Å². The second-order valence-corrected chi connectivity index (χ2v) is 8.09. The molecule has 4 nitrogen and oxygen atoms in total. The number of amidine groups is 1. The second kappa shape index (κ2) is 6.16. The lowest BCUT2D eigenvalue weighted by Gasteiger charge is -2.39. The zero-order chi connectivity index (χ0) is 15.9. The molecule has 124 valence electrons. The fraction of sp³-hybridized carbons (Fsp3) is 0.500. The molecule has 0 saturated heterocycles. The summed E-state index contributed by atoms with van der Waals surface area (Å²) in [5.41, 5.74) is 4.48. The second-order valence-electron chi connectivity index (χ2n) is 5.65. The molecule has 0 amide bonds.